The Balaban J connectivity index is 1.56. The molecule has 156 valence electrons. The fourth-order valence-electron chi connectivity index (χ4n) is 3.25. The zero-order valence-corrected chi connectivity index (χ0v) is 17.1. The van der Waals surface area contributed by atoms with Crippen LogP contribution in [0.15, 0.2) is 90.7 Å². The van der Waals surface area contributed by atoms with Crippen molar-refractivity contribution in [3.05, 3.63) is 96.3 Å². The van der Waals surface area contributed by atoms with E-state index in [0.29, 0.717) is 31.1 Å². The fraction of sp³-hybridized carbons (Fsp3) is 0.240. The highest BCUT2D eigenvalue weighted by atomic mass is 16.5. The maximum absolute atomic E-state index is 12.4. The molecule has 1 aliphatic rings. The minimum atomic E-state index is -0.812. The summed E-state index contributed by atoms with van der Waals surface area (Å²) in [6.45, 7) is 2.90. The van der Waals surface area contributed by atoms with Gasteiger partial charge in [-0.2, -0.15) is 0 Å². The summed E-state index contributed by atoms with van der Waals surface area (Å²) in [4.78, 5) is 12.4. The Morgan fingerprint density at radius 3 is 2.80 bits per heavy atom. The number of carbonyl (C=O) groups is 1. The number of hydrogen-bond acceptors (Lipinski definition) is 4. The smallest absolute Gasteiger partial charge is 0.248 e. The number of carbonyl (C=O) groups excluding carboxylic acids is 1. The average Bonchev–Trinajstić information content (AvgIpc) is 2.74. The average molecular weight is 405 g/mol. The van der Waals surface area contributed by atoms with E-state index in [1.165, 1.54) is 11.6 Å². The van der Waals surface area contributed by atoms with Crippen LogP contribution < -0.4 is 10.1 Å². The molecule has 30 heavy (non-hydrogen) atoms. The van der Waals surface area contributed by atoms with Crippen molar-refractivity contribution in [2.24, 2.45) is 0 Å². The third kappa shape index (κ3) is 6.36. The van der Waals surface area contributed by atoms with Crippen LogP contribution in [0.4, 0.5) is 5.69 Å². The summed E-state index contributed by atoms with van der Waals surface area (Å²) in [5.74, 6) is 0.637. The van der Waals surface area contributed by atoms with Gasteiger partial charge in [0, 0.05) is 37.3 Å². The Labute approximate surface area is 177 Å². The number of hydrogen-bond donors (Lipinski definition) is 2. The van der Waals surface area contributed by atoms with E-state index in [4.69, 9.17) is 9.47 Å². The molecule has 2 aromatic carbocycles. The predicted octanol–water partition coefficient (Wildman–Crippen LogP) is 4.98. The Kier molecular flexibility index (Phi) is 7.46. The first-order valence-electron chi connectivity index (χ1n) is 10.1. The van der Waals surface area contributed by atoms with E-state index in [-0.39, 0.29) is 11.7 Å². The number of aliphatic hydroxyl groups excluding tert-OH is 1. The number of ether oxygens (including phenoxy) is 2. The van der Waals surface area contributed by atoms with Crippen molar-refractivity contribution < 1.29 is 19.4 Å². The molecule has 2 N–H and O–H groups in total. The second-order valence-corrected chi connectivity index (χ2v) is 7.02. The van der Waals surface area contributed by atoms with Crippen LogP contribution in [0.3, 0.4) is 0 Å². The molecule has 5 nitrogen and oxygen atoms in total. The minimum absolute atomic E-state index is 0.219. The lowest BCUT2D eigenvalue weighted by Gasteiger charge is -2.28. The van der Waals surface area contributed by atoms with E-state index in [9.17, 15) is 9.90 Å². The van der Waals surface area contributed by atoms with E-state index in [2.05, 4.69) is 17.4 Å². The molecule has 3 rings (SSSR count). The van der Waals surface area contributed by atoms with Crippen LogP contribution in [0.1, 0.15) is 18.9 Å². The first kappa shape index (κ1) is 21.4. The monoisotopic (exact) mass is 405 g/mol. The number of aliphatic hydroxyl groups is 1. The third-order valence-electron chi connectivity index (χ3n) is 4.66. The highest BCUT2D eigenvalue weighted by molar-refractivity contribution is 5.99. The first-order valence-corrected chi connectivity index (χ1v) is 10.1. The SMILES string of the molecule is CCOC1(/C=C/C(=O)Nc2cccc(OCCc3ccccc3)c2)C=CC=C(O)C1. The highest BCUT2D eigenvalue weighted by Crippen LogP contribution is 2.27. The van der Waals surface area contributed by atoms with E-state index in [1.807, 2.05) is 49.4 Å². The van der Waals surface area contributed by atoms with E-state index in [1.54, 1.807) is 24.3 Å². The van der Waals surface area contributed by atoms with Gasteiger partial charge in [0.1, 0.15) is 11.4 Å². The zero-order chi connectivity index (χ0) is 21.2. The van der Waals surface area contributed by atoms with Gasteiger partial charge in [-0.25, -0.2) is 0 Å². The van der Waals surface area contributed by atoms with Gasteiger partial charge in [0.15, 0.2) is 0 Å². The van der Waals surface area contributed by atoms with Crippen molar-refractivity contribution in [2.45, 2.75) is 25.4 Å². The lowest BCUT2D eigenvalue weighted by Crippen LogP contribution is -2.30. The largest absolute Gasteiger partial charge is 0.512 e. The van der Waals surface area contributed by atoms with Crippen LogP contribution in [0.5, 0.6) is 5.75 Å². The summed E-state index contributed by atoms with van der Waals surface area (Å²) in [6.07, 6.45) is 9.40. The molecule has 0 radical (unpaired) electrons. The normalized spacial score (nSPS) is 18.2. The number of benzene rings is 2. The van der Waals surface area contributed by atoms with Gasteiger partial charge in [0.05, 0.1) is 12.4 Å². The molecule has 1 atom stereocenters. The molecule has 5 heteroatoms. The van der Waals surface area contributed by atoms with Crippen molar-refractivity contribution >= 4 is 11.6 Å². The minimum Gasteiger partial charge on any atom is -0.512 e. The van der Waals surface area contributed by atoms with Crippen LogP contribution in [0.25, 0.3) is 0 Å². The molecule has 2 aromatic rings. The quantitative estimate of drug-likeness (QED) is 0.578. The van der Waals surface area contributed by atoms with Crippen molar-refractivity contribution in [1.82, 2.24) is 0 Å². The molecule has 1 unspecified atom stereocenters. The molecule has 0 saturated heterocycles. The number of allylic oxidation sites excluding steroid dienone is 2. The predicted molar refractivity (Wildman–Crippen MR) is 119 cm³/mol. The van der Waals surface area contributed by atoms with Gasteiger partial charge in [-0.15, -0.1) is 0 Å². The molecule has 1 aliphatic carbocycles. The lowest BCUT2D eigenvalue weighted by atomic mass is 9.93. The van der Waals surface area contributed by atoms with Gasteiger partial charge in [-0.1, -0.05) is 42.5 Å². The molecule has 0 aliphatic heterocycles. The van der Waals surface area contributed by atoms with Crippen LogP contribution in [0, 0.1) is 0 Å². The molecule has 0 saturated carbocycles. The van der Waals surface area contributed by atoms with E-state index < -0.39 is 5.60 Å². The van der Waals surface area contributed by atoms with Gasteiger partial charge in [0.2, 0.25) is 5.91 Å². The van der Waals surface area contributed by atoms with E-state index in [0.717, 1.165) is 6.42 Å². The van der Waals surface area contributed by atoms with Crippen LogP contribution >= 0.6 is 0 Å². The standard InChI is InChI=1S/C25H27NO4/c1-2-30-25(15-7-11-22(27)19-25)16-13-24(28)26-21-10-6-12-23(18-21)29-17-14-20-8-4-3-5-9-20/h3-13,15-16,18,27H,2,14,17,19H2,1H3,(H,26,28)/b16-13+. The maximum Gasteiger partial charge on any atom is 0.248 e. The topological polar surface area (TPSA) is 67.8 Å². The fourth-order valence-corrected chi connectivity index (χ4v) is 3.25. The second-order valence-electron chi connectivity index (χ2n) is 7.02. The highest BCUT2D eigenvalue weighted by Gasteiger charge is 2.28. The summed E-state index contributed by atoms with van der Waals surface area (Å²) in [5.41, 5.74) is 1.05. The summed E-state index contributed by atoms with van der Waals surface area (Å²) in [5, 5.41) is 12.7. The van der Waals surface area contributed by atoms with Crippen molar-refractivity contribution in [1.29, 1.82) is 0 Å². The van der Waals surface area contributed by atoms with Crippen LogP contribution in [-0.2, 0) is 16.0 Å². The van der Waals surface area contributed by atoms with Gasteiger partial charge in [-0.3, -0.25) is 4.79 Å². The van der Waals surface area contributed by atoms with Crippen molar-refractivity contribution in [3.63, 3.8) is 0 Å². The molecule has 0 bridgehead atoms. The van der Waals surface area contributed by atoms with E-state index >= 15 is 0 Å². The summed E-state index contributed by atoms with van der Waals surface area (Å²) >= 11 is 0. The van der Waals surface area contributed by atoms with Crippen LogP contribution in [0.2, 0.25) is 0 Å². The Morgan fingerprint density at radius 1 is 1.20 bits per heavy atom. The summed E-state index contributed by atoms with van der Waals surface area (Å²) in [6, 6.07) is 17.5. The molecule has 0 aromatic heterocycles. The summed E-state index contributed by atoms with van der Waals surface area (Å²) < 4.78 is 11.6. The van der Waals surface area contributed by atoms with Crippen molar-refractivity contribution in [2.75, 3.05) is 18.5 Å². The van der Waals surface area contributed by atoms with Gasteiger partial charge in [0.25, 0.3) is 0 Å². The Hall–Kier alpha value is -3.31. The second kappa shape index (κ2) is 10.5. The van der Waals surface area contributed by atoms with Gasteiger partial charge >= 0.3 is 0 Å². The summed E-state index contributed by atoms with van der Waals surface area (Å²) in [7, 11) is 0. The Morgan fingerprint density at radius 2 is 2.03 bits per heavy atom. The lowest BCUT2D eigenvalue weighted by molar-refractivity contribution is -0.112. The number of nitrogens with one attached hydrogen (secondary N) is 1. The molecule has 1 amide bonds. The molecular formula is C25H27NO4. The maximum atomic E-state index is 12.4. The molecular weight excluding hydrogens is 378 g/mol. The Bertz CT molecular complexity index is 933. The number of anilines is 1. The van der Waals surface area contributed by atoms with Gasteiger partial charge in [-0.05, 0) is 42.8 Å². The molecule has 0 heterocycles. The molecule has 0 spiro atoms. The molecule has 0 fully saturated rings. The van der Waals surface area contributed by atoms with Gasteiger partial charge < -0.3 is 19.9 Å². The first-order chi connectivity index (χ1) is 14.6. The zero-order valence-electron chi connectivity index (χ0n) is 17.1. The number of rotatable bonds is 9. The van der Waals surface area contributed by atoms with Crippen molar-refractivity contribution in [3.8, 4) is 5.75 Å². The number of amides is 1. The third-order valence-corrected chi connectivity index (χ3v) is 4.66. The van der Waals surface area contributed by atoms with Crippen LogP contribution in [-0.4, -0.2) is 29.8 Å².